The number of aliphatic hydroxyl groups excluding tert-OH is 1. The zero-order valence-electron chi connectivity index (χ0n) is 10.9. The minimum absolute atomic E-state index is 0.0634. The average molecular weight is 301 g/mol. The van der Waals surface area contributed by atoms with Crippen LogP contribution >= 0.6 is 11.8 Å². The molecule has 0 saturated carbocycles. The van der Waals surface area contributed by atoms with Crippen LogP contribution in [0.1, 0.15) is 12.5 Å². The summed E-state index contributed by atoms with van der Waals surface area (Å²) in [6, 6.07) is 4.61. The predicted molar refractivity (Wildman–Crippen MR) is 73.8 cm³/mol. The van der Waals surface area contributed by atoms with Gasteiger partial charge in [0.2, 0.25) is 5.91 Å². The fraction of sp³-hybridized carbons (Fsp3) is 0.385. The summed E-state index contributed by atoms with van der Waals surface area (Å²) in [7, 11) is 0. The minimum Gasteiger partial charge on any atom is -0.480 e. The molecule has 0 fully saturated rings. The zero-order chi connectivity index (χ0) is 15.1. The summed E-state index contributed by atoms with van der Waals surface area (Å²) < 4.78 is 12.7. The van der Waals surface area contributed by atoms with Gasteiger partial charge in [-0.1, -0.05) is 12.1 Å². The summed E-state index contributed by atoms with van der Waals surface area (Å²) in [5.74, 6) is -1.49. The van der Waals surface area contributed by atoms with Gasteiger partial charge in [-0.2, -0.15) is 0 Å². The number of amides is 1. The molecule has 1 aromatic carbocycles. The molecule has 5 nitrogen and oxygen atoms in total. The number of benzene rings is 1. The Hall–Kier alpha value is -1.60. The lowest BCUT2D eigenvalue weighted by molar-refractivity contribution is -0.144. The number of carbonyl (C=O) groups is 2. The lowest BCUT2D eigenvalue weighted by Gasteiger charge is -2.16. The summed E-state index contributed by atoms with van der Waals surface area (Å²) in [5, 5.41) is 20.3. The smallest absolute Gasteiger partial charge is 0.328 e. The first kappa shape index (κ1) is 16.5. The molecule has 1 amide bonds. The van der Waals surface area contributed by atoms with Crippen molar-refractivity contribution in [3.05, 3.63) is 35.6 Å². The number of carbonyl (C=O) groups excluding carboxylic acids is 1. The average Bonchev–Trinajstić information content (AvgIpc) is 2.37. The van der Waals surface area contributed by atoms with E-state index in [-0.39, 0.29) is 11.6 Å². The first-order valence-corrected chi connectivity index (χ1v) is 7.08. The Bertz CT molecular complexity index is 464. The fourth-order valence-electron chi connectivity index (χ4n) is 1.45. The van der Waals surface area contributed by atoms with Crippen molar-refractivity contribution >= 4 is 23.6 Å². The van der Waals surface area contributed by atoms with Gasteiger partial charge >= 0.3 is 5.97 Å². The van der Waals surface area contributed by atoms with Gasteiger partial charge in [0.25, 0.3) is 0 Å². The molecule has 1 aromatic rings. The number of hydrogen-bond acceptors (Lipinski definition) is 4. The van der Waals surface area contributed by atoms with Crippen LogP contribution in [0.3, 0.4) is 0 Å². The van der Waals surface area contributed by atoms with Gasteiger partial charge in [-0.3, -0.25) is 4.79 Å². The Morgan fingerprint density at radius 2 is 1.95 bits per heavy atom. The molecule has 110 valence electrons. The lowest BCUT2D eigenvalue weighted by atomic mass is 10.2. The number of aliphatic carboxylic acids is 1. The summed E-state index contributed by atoms with van der Waals surface area (Å²) in [5.41, 5.74) is 0.870. The number of thioether (sulfide) groups is 1. The Balaban J connectivity index is 2.36. The van der Waals surface area contributed by atoms with Crippen molar-refractivity contribution in [2.75, 3.05) is 5.75 Å². The summed E-state index contributed by atoms with van der Waals surface area (Å²) in [6.07, 6.45) is -1.17. The second-order valence-corrected chi connectivity index (χ2v) is 5.23. The maximum atomic E-state index is 12.7. The van der Waals surface area contributed by atoms with E-state index in [0.717, 1.165) is 5.56 Å². The lowest BCUT2D eigenvalue weighted by Crippen LogP contribution is -2.48. The molecule has 7 heteroatoms. The largest absolute Gasteiger partial charge is 0.480 e. The van der Waals surface area contributed by atoms with Crippen LogP contribution < -0.4 is 5.32 Å². The molecule has 20 heavy (non-hydrogen) atoms. The molecule has 3 N–H and O–H groups in total. The first-order valence-electron chi connectivity index (χ1n) is 5.92. The molecular weight excluding hydrogens is 285 g/mol. The molecule has 2 atom stereocenters. The van der Waals surface area contributed by atoms with E-state index in [2.05, 4.69) is 5.32 Å². The molecular formula is C13H16FNO4S. The molecule has 0 heterocycles. The van der Waals surface area contributed by atoms with Gasteiger partial charge in [-0.15, -0.1) is 11.8 Å². The Labute approximate surface area is 120 Å². The number of aliphatic hydroxyl groups is 1. The number of rotatable bonds is 7. The fourth-order valence-corrected chi connectivity index (χ4v) is 2.24. The van der Waals surface area contributed by atoms with Crippen LogP contribution in [0.25, 0.3) is 0 Å². The van der Waals surface area contributed by atoms with Gasteiger partial charge < -0.3 is 15.5 Å². The third kappa shape index (κ3) is 5.58. The number of carboxylic acid groups (broad SMARTS) is 1. The van der Waals surface area contributed by atoms with Crippen molar-refractivity contribution in [2.24, 2.45) is 0 Å². The molecule has 1 rings (SSSR count). The number of hydrogen-bond donors (Lipinski definition) is 3. The normalized spacial score (nSPS) is 13.6. The standard InChI is InChI=1S/C13H16FNO4S/c1-8(16)12(13(18)19)15-11(17)7-20-6-9-2-4-10(14)5-3-9/h2-5,8,12,16H,6-7H2,1H3,(H,15,17)(H,18,19)/t8-,12+/m1/s1. The van der Waals surface area contributed by atoms with Crippen molar-refractivity contribution in [1.29, 1.82) is 0 Å². The van der Waals surface area contributed by atoms with E-state index in [1.807, 2.05) is 0 Å². The topological polar surface area (TPSA) is 86.6 Å². The summed E-state index contributed by atoms with van der Waals surface area (Å²) in [4.78, 5) is 22.3. The van der Waals surface area contributed by atoms with Gasteiger partial charge in [-0.25, -0.2) is 9.18 Å². The highest BCUT2D eigenvalue weighted by Gasteiger charge is 2.24. The molecule has 0 aliphatic rings. The second-order valence-electron chi connectivity index (χ2n) is 4.24. The molecule has 0 aliphatic carbocycles. The zero-order valence-corrected chi connectivity index (χ0v) is 11.7. The van der Waals surface area contributed by atoms with E-state index in [1.165, 1.54) is 30.8 Å². The van der Waals surface area contributed by atoms with E-state index >= 15 is 0 Å². The maximum absolute atomic E-state index is 12.7. The van der Waals surface area contributed by atoms with Crippen LogP contribution in [0.15, 0.2) is 24.3 Å². The Morgan fingerprint density at radius 1 is 1.35 bits per heavy atom. The van der Waals surface area contributed by atoms with Gasteiger partial charge in [0.15, 0.2) is 6.04 Å². The van der Waals surface area contributed by atoms with Gasteiger partial charge in [0, 0.05) is 5.75 Å². The van der Waals surface area contributed by atoms with Crippen molar-refractivity contribution in [2.45, 2.75) is 24.8 Å². The highest BCUT2D eigenvalue weighted by Crippen LogP contribution is 2.12. The Morgan fingerprint density at radius 3 is 2.45 bits per heavy atom. The van der Waals surface area contributed by atoms with Crippen LogP contribution in [-0.4, -0.2) is 40.0 Å². The SMILES string of the molecule is C[C@@H](O)[C@H](NC(=O)CSCc1ccc(F)cc1)C(=O)O. The quantitative estimate of drug-likeness (QED) is 0.700. The predicted octanol–water partition coefficient (Wildman–Crippen LogP) is 1.01. The summed E-state index contributed by atoms with van der Waals surface area (Å²) in [6.45, 7) is 1.30. The second kappa shape index (κ2) is 7.86. The van der Waals surface area contributed by atoms with Gasteiger partial charge in [-0.05, 0) is 24.6 Å². The van der Waals surface area contributed by atoms with E-state index in [4.69, 9.17) is 5.11 Å². The Kier molecular flexibility index (Phi) is 6.47. The third-order valence-corrected chi connectivity index (χ3v) is 3.48. The third-order valence-electron chi connectivity index (χ3n) is 2.48. The van der Waals surface area contributed by atoms with Crippen molar-refractivity contribution < 1.29 is 24.2 Å². The van der Waals surface area contributed by atoms with E-state index in [0.29, 0.717) is 5.75 Å². The minimum atomic E-state index is -1.31. The molecule has 0 bridgehead atoms. The van der Waals surface area contributed by atoms with Crippen molar-refractivity contribution in [1.82, 2.24) is 5.32 Å². The number of halogens is 1. The molecule has 0 spiro atoms. The van der Waals surface area contributed by atoms with Crippen molar-refractivity contribution in [3.8, 4) is 0 Å². The summed E-state index contributed by atoms with van der Waals surface area (Å²) >= 11 is 1.28. The molecule has 0 unspecified atom stereocenters. The van der Waals surface area contributed by atoms with Gasteiger partial charge in [0.1, 0.15) is 5.82 Å². The highest BCUT2D eigenvalue weighted by atomic mass is 32.2. The van der Waals surface area contributed by atoms with Gasteiger partial charge in [0.05, 0.1) is 11.9 Å². The molecule has 0 aliphatic heterocycles. The van der Waals surface area contributed by atoms with Crippen LogP contribution in [0.4, 0.5) is 4.39 Å². The maximum Gasteiger partial charge on any atom is 0.328 e. The highest BCUT2D eigenvalue weighted by molar-refractivity contribution is 7.99. The number of nitrogens with one attached hydrogen (secondary N) is 1. The molecule has 0 aromatic heterocycles. The molecule has 0 radical (unpaired) electrons. The van der Waals surface area contributed by atoms with Crippen LogP contribution in [0, 0.1) is 5.82 Å². The van der Waals surface area contributed by atoms with Crippen LogP contribution in [0.5, 0.6) is 0 Å². The monoisotopic (exact) mass is 301 g/mol. The number of carboxylic acids is 1. The first-order chi connectivity index (χ1) is 9.40. The van der Waals surface area contributed by atoms with Crippen LogP contribution in [-0.2, 0) is 15.3 Å². The van der Waals surface area contributed by atoms with Crippen molar-refractivity contribution in [3.63, 3.8) is 0 Å². The van der Waals surface area contributed by atoms with E-state index in [9.17, 15) is 19.1 Å². The van der Waals surface area contributed by atoms with E-state index < -0.39 is 24.0 Å². The van der Waals surface area contributed by atoms with E-state index in [1.54, 1.807) is 12.1 Å². The molecule has 0 saturated heterocycles. The van der Waals surface area contributed by atoms with Crippen LogP contribution in [0.2, 0.25) is 0 Å².